The highest BCUT2D eigenvalue weighted by Crippen LogP contribution is 2.61. The number of carbonyl (C=O) groups excluding carboxylic acids is 3. The first kappa shape index (κ1) is 30.9. The number of nitrogen functional groups attached to an aromatic ring is 1. The smallest absolute Gasteiger partial charge is 0.268 e. The van der Waals surface area contributed by atoms with Gasteiger partial charge >= 0.3 is 0 Å². The first-order valence-electron chi connectivity index (χ1n) is 15.4. The highest BCUT2D eigenvalue weighted by molar-refractivity contribution is 6.72. The van der Waals surface area contributed by atoms with Gasteiger partial charge in [0, 0.05) is 46.2 Å². The van der Waals surface area contributed by atoms with Crippen LogP contribution in [-0.4, -0.2) is 61.4 Å². The third-order valence-corrected chi connectivity index (χ3v) is 12.1. The molecule has 0 radical (unpaired) electrons. The van der Waals surface area contributed by atoms with Crippen molar-refractivity contribution in [1.82, 2.24) is 4.90 Å². The van der Waals surface area contributed by atoms with E-state index < -0.39 is 31.6 Å². The molecule has 2 saturated heterocycles. The number of para-hydroxylation sites is 1. The molecule has 5 atom stereocenters. The second-order valence-electron chi connectivity index (χ2n) is 12.8. The number of aliphatic hydroxyl groups excluding tert-OH is 1. The molecule has 3 amide bonds. The molecular weight excluding hydrogens is 591 g/mol. The summed E-state index contributed by atoms with van der Waals surface area (Å²) >= 11 is 0. The highest BCUT2D eigenvalue weighted by atomic mass is 28.4. The number of aliphatic hydroxyl groups is 1. The van der Waals surface area contributed by atoms with Crippen molar-refractivity contribution in [1.29, 1.82) is 0 Å². The van der Waals surface area contributed by atoms with Crippen LogP contribution in [0.25, 0.3) is 0 Å². The predicted molar refractivity (Wildman–Crippen MR) is 173 cm³/mol. The number of nitrogens with two attached hydrogens (primary N) is 1. The average Bonchev–Trinajstić information content (AvgIpc) is 3.67. The summed E-state index contributed by atoms with van der Waals surface area (Å²) in [6.45, 7) is 5.43. The van der Waals surface area contributed by atoms with Gasteiger partial charge < -0.3 is 29.9 Å². The number of fused-ring (bicyclic) bond motifs is 2. The molecule has 0 bridgehead atoms. The monoisotopic (exact) mass is 630 g/mol. The van der Waals surface area contributed by atoms with Gasteiger partial charge in [0.2, 0.25) is 14.3 Å². The average molecular weight is 631 g/mol. The first-order valence-corrected chi connectivity index (χ1v) is 18.4. The Morgan fingerprint density at radius 2 is 1.82 bits per heavy atom. The number of hydrogen-bond acceptors (Lipinski definition) is 6. The third-order valence-electron chi connectivity index (χ3n) is 9.60. The van der Waals surface area contributed by atoms with E-state index in [0.717, 1.165) is 6.42 Å². The number of anilines is 4. The van der Waals surface area contributed by atoms with Crippen LogP contribution in [0, 0.1) is 5.92 Å². The Labute approximate surface area is 263 Å². The van der Waals surface area contributed by atoms with Gasteiger partial charge in [-0.05, 0) is 80.5 Å². The molecule has 3 aromatic rings. The number of halogens is 1. The van der Waals surface area contributed by atoms with Gasteiger partial charge in [-0.15, -0.1) is 0 Å². The van der Waals surface area contributed by atoms with Crippen LogP contribution in [0.3, 0.4) is 0 Å². The minimum absolute atomic E-state index is 0.0882. The highest BCUT2D eigenvalue weighted by Gasteiger charge is 2.67. The Morgan fingerprint density at radius 1 is 1.11 bits per heavy atom. The number of likely N-dealkylation sites (tertiary alicyclic amines) is 1. The maximum absolute atomic E-state index is 16.3. The molecule has 0 aromatic heterocycles. The summed E-state index contributed by atoms with van der Waals surface area (Å²) in [6, 6.07) is 20.7. The van der Waals surface area contributed by atoms with Gasteiger partial charge in [0.1, 0.15) is 0 Å². The lowest BCUT2D eigenvalue weighted by atomic mass is 9.82. The van der Waals surface area contributed by atoms with Crippen molar-refractivity contribution >= 4 is 48.9 Å². The van der Waals surface area contributed by atoms with Gasteiger partial charge in [0.05, 0.1) is 30.9 Å². The Bertz CT molecular complexity index is 1620. The van der Waals surface area contributed by atoms with Crippen LogP contribution in [0.2, 0.25) is 18.6 Å². The van der Waals surface area contributed by atoms with Gasteiger partial charge in [0.15, 0.2) is 5.60 Å². The van der Waals surface area contributed by atoms with Crippen LogP contribution in [0.15, 0.2) is 72.8 Å². The largest absolute Gasteiger partial charge is 0.399 e. The molecule has 6 rings (SSSR count). The van der Waals surface area contributed by atoms with Crippen LogP contribution in [-0.2, 0) is 19.9 Å². The van der Waals surface area contributed by atoms with Crippen LogP contribution >= 0.6 is 0 Å². The summed E-state index contributed by atoms with van der Waals surface area (Å²) in [5, 5.41) is 12.7. The van der Waals surface area contributed by atoms with E-state index in [1.807, 2.05) is 37.3 Å². The predicted octanol–water partition coefficient (Wildman–Crippen LogP) is 5.35. The summed E-state index contributed by atoms with van der Waals surface area (Å²) in [4.78, 5) is 44.7. The van der Waals surface area contributed by atoms with Gasteiger partial charge in [-0.1, -0.05) is 25.1 Å². The number of nitrogens with one attached hydrogen (secondary N) is 1. The van der Waals surface area contributed by atoms with Crippen molar-refractivity contribution in [2.75, 3.05) is 29.1 Å². The summed E-state index contributed by atoms with van der Waals surface area (Å²) in [6.07, 6.45) is 0.566. The van der Waals surface area contributed by atoms with Crippen LogP contribution < -0.4 is 16.0 Å². The molecule has 9 nitrogen and oxygen atoms in total. The molecule has 11 heteroatoms. The molecular formula is C34H39FN4O5Si. The van der Waals surface area contributed by atoms with E-state index in [1.54, 1.807) is 65.4 Å². The van der Waals surface area contributed by atoms with Crippen LogP contribution in [0.1, 0.15) is 42.1 Å². The van der Waals surface area contributed by atoms with Crippen molar-refractivity contribution in [2.24, 2.45) is 5.92 Å². The van der Waals surface area contributed by atoms with E-state index in [1.165, 1.54) is 0 Å². The van der Waals surface area contributed by atoms with Gasteiger partial charge in [-0.3, -0.25) is 19.3 Å². The van der Waals surface area contributed by atoms with Gasteiger partial charge in [-0.25, -0.2) is 0 Å². The molecule has 0 saturated carbocycles. The van der Waals surface area contributed by atoms with Crippen molar-refractivity contribution in [3.05, 3.63) is 83.9 Å². The van der Waals surface area contributed by atoms with Gasteiger partial charge in [-0.2, -0.15) is 0 Å². The molecule has 0 aliphatic carbocycles. The lowest BCUT2D eigenvalue weighted by Crippen LogP contribution is -2.44. The molecule has 2 fully saturated rings. The lowest BCUT2D eigenvalue weighted by molar-refractivity contribution is -0.149. The van der Waals surface area contributed by atoms with E-state index in [0.29, 0.717) is 46.8 Å². The van der Waals surface area contributed by atoms with Crippen LogP contribution in [0.4, 0.5) is 26.9 Å². The van der Waals surface area contributed by atoms with E-state index in [2.05, 4.69) is 5.32 Å². The fourth-order valence-corrected chi connectivity index (χ4v) is 10.1. The molecule has 3 aliphatic heterocycles. The topological polar surface area (TPSA) is 125 Å². The summed E-state index contributed by atoms with van der Waals surface area (Å²) in [5.41, 5.74) is 6.66. The zero-order valence-electron chi connectivity index (χ0n) is 25.7. The Hall–Kier alpha value is -4.06. The molecule has 3 aromatic carbocycles. The van der Waals surface area contributed by atoms with E-state index in [9.17, 15) is 19.5 Å². The quantitative estimate of drug-likeness (QED) is 0.184. The number of ether oxygens (including phenoxy) is 1. The normalized spacial score (nSPS) is 26.0. The molecule has 0 unspecified atom stereocenters. The zero-order valence-corrected chi connectivity index (χ0v) is 26.7. The zero-order chi connectivity index (χ0) is 32.1. The first-order chi connectivity index (χ1) is 21.5. The molecule has 4 N–H and O–H groups in total. The summed E-state index contributed by atoms with van der Waals surface area (Å²) in [5.74, 6) is -1.53. The summed E-state index contributed by atoms with van der Waals surface area (Å²) in [7, 11) is -3.51. The SMILES string of the molecule is C[C@H]1[C@H]([Si](C)(C)F)[C@@H](CC(=O)N2CCC[C@H]2CO)O[C@]12C(=O)N(c1ccccc1)c1ccc(NC(=O)c3ccc(N)cc3)cc12. The van der Waals surface area contributed by atoms with Crippen molar-refractivity contribution < 1.29 is 28.3 Å². The van der Waals surface area contributed by atoms with Gasteiger partial charge in [0.25, 0.3) is 11.8 Å². The third kappa shape index (κ3) is 5.32. The fraction of sp³-hybridized carbons (Fsp3) is 0.382. The van der Waals surface area contributed by atoms with Crippen LogP contribution in [0.5, 0.6) is 0 Å². The van der Waals surface area contributed by atoms with Crippen molar-refractivity contribution in [3.63, 3.8) is 0 Å². The second-order valence-corrected chi connectivity index (χ2v) is 16.6. The number of carbonyl (C=O) groups is 3. The maximum Gasteiger partial charge on any atom is 0.268 e. The molecule has 45 heavy (non-hydrogen) atoms. The Balaban J connectivity index is 1.42. The Kier molecular flexibility index (Phi) is 8.04. The number of nitrogens with zero attached hydrogens (tertiary/aromatic N) is 2. The lowest BCUT2D eigenvalue weighted by Gasteiger charge is -2.31. The number of hydrogen-bond donors (Lipinski definition) is 3. The van der Waals surface area contributed by atoms with E-state index in [4.69, 9.17) is 10.5 Å². The number of rotatable bonds is 7. The minimum Gasteiger partial charge on any atom is -0.399 e. The molecule has 3 aliphatic rings. The summed E-state index contributed by atoms with van der Waals surface area (Å²) < 4.78 is 23.1. The number of amides is 3. The molecule has 1 spiro atoms. The van der Waals surface area contributed by atoms with Crippen molar-refractivity contribution in [3.8, 4) is 0 Å². The van der Waals surface area contributed by atoms with Crippen molar-refractivity contribution in [2.45, 2.75) is 62.6 Å². The maximum atomic E-state index is 16.3. The standard InChI is InChI=1S/C34H39FN4O5Si/c1-21-31(45(2,3)35)29(19-30(41)38-17-7-10-26(38)20-40)44-34(21)27-18-24(37-32(42)22-11-13-23(36)14-12-22)15-16-28(27)39(33(34)43)25-8-5-4-6-9-25/h4-6,8-9,11-16,18,21,26,29,31,40H,7,10,17,19-20,36H2,1-3H3,(H,37,42)/t21-,26-,29+,31-,34+/m0/s1. The van der Waals surface area contributed by atoms with E-state index >= 15 is 4.11 Å². The molecule has 3 heterocycles. The Morgan fingerprint density at radius 3 is 2.49 bits per heavy atom. The molecule has 236 valence electrons. The number of benzene rings is 3. The fourth-order valence-electron chi connectivity index (χ4n) is 7.56. The second kappa shape index (κ2) is 11.7. The minimum atomic E-state index is -3.51. The van der Waals surface area contributed by atoms with E-state index in [-0.39, 0.29) is 36.8 Å².